The lowest BCUT2D eigenvalue weighted by Gasteiger charge is -2.15. The molecule has 2 N–H and O–H groups in total. The average Bonchev–Trinajstić information content (AvgIpc) is 2.93. The second-order valence-electron chi connectivity index (χ2n) is 5.89. The second-order valence-corrected chi connectivity index (χ2v) is 8.12. The van der Waals surface area contributed by atoms with Gasteiger partial charge in [0.25, 0.3) is 0 Å². The predicted molar refractivity (Wildman–Crippen MR) is 116 cm³/mol. The molecular weight excluding hydrogens is 465 g/mol. The van der Waals surface area contributed by atoms with Gasteiger partial charge in [0.2, 0.25) is 0 Å². The molecule has 8 heteroatoms. The number of aliphatic imine (C=N–C) groups is 1. The van der Waals surface area contributed by atoms with Gasteiger partial charge in [-0.2, -0.15) is 0 Å². The van der Waals surface area contributed by atoms with E-state index in [1.807, 2.05) is 31.2 Å². The Morgan fingerprint density at radius 2 is 2.12 bits per heavy atom. The molecule has 1 aromatic rings. The summed E-state index contributed by atoms with van der Waals surface area (Å²) in [5, 5.41) is 6.37. The highest BCUT2D eigenvalue weighted by atomic mass is 127. The van der Waals surface area contributed by atoms with Gasteiger partial charge >= 0.3 is 0 Å². The summed E-state index contributed by atoms with van der Waals surface area (Å²) in [4.78, 5) is 4.53. The van der Waals surface area contributed by atoms with Crippen molar-refractivity contribution >= 4 is 39.8 Å². The third-order valence-corrected chi connectivity index (χ3v) is 5.60. The Hall–Kier alpha value is -1.47. The van der Waals surface area contributed by atoms with Crippen LogP contribution < -0.4 is 15.4 Å². The number of ether oxygens (including phenoxy) is 1. The zero-order valence-corrected chi connectivity index (χ0v) is 18.0. The van der Waals surface area contributed by atoms with E-state index in [2.05, 4.69) is 21.5 Å². The van der Waals surface area contributed by atoms with Gasteiger partial charge in [-0.15, -0.1) is 30.4 Å². The summed E-state index contributed by atoms with van der Waals surface area (Å²) in [5.74, 6) is 4.28. The van der Waals surface area contributed by atoms with E-state index >= 15 is 0 Å². The van der Waals surface area contributed by atoms with E-state index in [0.29, 0.717) is 18.9 Å². The highest BCUT2D eigenvalue weighted by molar-refractivity contribution is 14.0. The Morgan fingerprint density at radius 1 is 1.38 bits per heavy atom. The van der Waals surface area contributed by atoms with Gasteiger partial charge in [-0.05, 0) is 37.5 Å². The first-order chi connectivity index (χ1) is 12.0. The van der Waals surface area contributed by atoms with E-state index in [1.165, 1.54) is 0 Å². The van der Waals surface area contributed by atoms with Gasteiger partial charge in [0, 0.05) is 19.1 Å². The van der Waals surface area contributed by atoms with E-state index in [4.69, 9.17) is 11.2 Å². The molecule has 1 aliphatic heterocycles. The number of halogens is 1. The monoisotopic (exact) mass is 491 g/mol. The first-order valence-corrected chi connectivity index (χ1v) is 10.2. The van der Waals surface area contributed by atoms with Crippen LogP contribution in [0, 0.1) is 12.3 Å². The number of hydrogen-bond acceptors (Lipinski definition) is 4. The first kappa shape index (κ1) is 22.6. The van der Waals surface area contributed by atoms with Crippen molar-refractivity contribution < 1.29 is 13.2 Å². The molecule has 0 bridgehead atoms. The van der Waals surface area contributed by atoms with Gasteiger partial charge in [-0.1, -0.05) is 18.1 Å². The standard InChI is InChI=1S/C18H25N3O3S.HI/c1-3-12-24-17-7-5-15(6-8-17)9-11-20-18(19-4-2)21-16-10-13-25(22,23)14-16;/h1,5-8,16H,4,9-14H2,2H3,(H2,19,20,21);1H. The van der Waals surface area contributed by atoms with Crippen molar-refractivity contribution in [2.75, 3.05) is 31.2 Å². The zero-order valence-electron chi connectivity index (χ0n) is 14.9. The molecule has 26 heavy (non-hydrogen) atoms. The topological polar surface area (TPSA) is 79.8 Å². The Bertz CT molecular complexity index is 727. The Labute approximate surface area is 173 Å². The fourth-order valence-electron chi connectivity index (χ4n) is 2.60. The molecule has 0 aliphatic carbocycles. The highest BCUT2D eigenvalue weighted by Gasteiger charge is 2.28. The van der Waals surface area contributed by atoms with Crippen molar-refractivity contribution in [1.82, 2.24) is 10.6 Å². The van der Waals surface area contributed by atoms with Crippen LogP contribution in [0.2, 0.25) is 0 Å². The maximum atomic E-state index is 11.6. The van der Waals surface area contributed by atoms with E-state index in [-0.39, 0.29) is 48.1 Å². The molecule has 0 amide bonds. The molecule has 0 radical (unpaired) electrons. The van der Waals surface area contributed by atoms with Crippen LogP contribution >= 0.6 is 24.0 Å². The van der Waals surface area contributed by atoms with E-state index in [0.717, 1.165) is 24.3 Å². The van der Waals surface area contributed by atoms with Crippen molar-refractivity contribution in [2.45, 2.75) is 25.8 Å². The quantitative estimate of drug-likeness (QED) is 0.262. The van der Waals surface area contributed by atoms with Gasteiger partial charge in [0.05, 0.1) is 11.5 Å². The molecule has 144 valence electrons. The minimum absolute atomic E-state index is 0. The van der Waals surface area contributed by atoms with Crippen molar-refractivity contribution in [3.63, 3.8) is 0 Å². The summed E-state index contributed by atoms with van der Waals surface area (Å²) in [6.45, 7) is 3.58. The van der Waals surface area contributed by atoms with Crippen molar-refractivity contribution in [1.29, 1.82) is 0 Å². The van der Waals surface area contributed by atoms with Crippen LogP contribution in [-0.2, 0) is 16.3 Å². The fraction of sp³-hybridized carbons (Fsp3) is 0.500. The van der Waals surface area contributed by atoms with Crippen molar-refractivity contribution in [3.05, 3.63) is 29.8 Å². The lowest BCUT2D eigenvalue weighted by molar-refractivity contribution is 0.370. The van der Waals surface area contributed by atoms with Gasteiger partial charge in [-0.3, -0.25) is 4.99 Å². The van der Waals surface area contributed by atoms with Gasteiger partial charge in [0.15, 0.2) is 15.8 Å². The smallest absolute Gasteiger partial charge is 0.191 e. The summed E-state index contributed by atoms with van der Waals surface area (Å²) < 4.78 is 28.4. The van der Waals surface area contributed by atoms with Crippen LogP contribution in [0.4, 0.5) is 0 Å². The summed E-state index contributed by atoms with van der Waals surface area (Å²) in [7, 11) is -2.90. The maximum absolute atomic E-state index is 11.6. The predicted octanol–water partition coefficient (Wildman–Crippen LogP) is 1.60. The van der Waals surface area contributed by atoms with Gasteiger partial charge < -0.3 is 15.4 Å². The molecule has 2 rings (SSSR count). The zero-order chi connectivity index (χ0) is 18.1. The molecule has 0 saturated carbocycles. The minimum atomic E-state index is -2.90. The molecule has 1 fully saturated rings. The van der Waals surface area contributed by atoms with Gasteiger partial charge in [-0.25, -0.2) is 8.42 Å². The summed E-state index contributed by atoms with van der Waals surface area (Å²) in [5.41, 5.74) is 1.15. The number of nitrogens with zero attached hydrogens (tertiary/aromatic N) is 1. The molecule has 1 unspecified atom stereocenters. The molecule has 1 saturated heterocycles. The van der Waals surface area contributed by atoms with Crippen LogP contribution in [-0.4, -0.2) is 51.6 Å². The van der Waals surface area contributed by atoms with Crippen LogP contribution in [0.3, 0.4) is 0 Å². The Kier molecular flexibility index (Phi) is 9.80. The summed E-state index contributed by atoms with van der Waals surface area (Å²) in [6, 6.07) is 7.71. The van der Waals surface area contributed by atoms with Crippen LogP contribution in [0.25, 0.3) is 0 Å². The summed E-state index contributed by atoms with van der Waals surface area (Å²) >= 11 is 0. The summed E-state index contributed by atoms with van der Waals surface area (Å²) in [6.07, 6.45) is 6.58. The number of rotatable bonds is 7. The van der Waals surface area contributed by atoms with E-state index in [1.54, 1.807) is 0 Å². The number of terminal acetylenes is 1. The average molecular weight is 491 g/mol. The molecule has 0 aromatic heterocycles. The normalized spacial score (nSPS) is 18.5. The first-order valence-electron chi connectivity index (χ1n) is 8.43. The third-order valence-electron chi connectivity index (χ3n) is 3.83. The number of nitrogens with one attached hydrogen (secondary N) is 2. The SMILES string of the molecule is C#CCOc1ccc(CCN=C(NCC)NC2CCS(=O)(=O)C2)cc1.I. The lowest BCUT2D eigenvalue weighted by Crippen LogP contribution is -2.44. The van der Waals surface area contributed by atoms with Crippen LogP contribution in [0.1, 0.15) is 18.9 Å². The molecule has 6 nitrogen and oxygen atoms in total. The molecular formula is C18H26IN3O3S. The van der Waals surface area contributed by atoms with Crippen molar-refractivity contribution in [2.24, 2.45) is 4.99 Å². The Morgan fingerprint density at radius 3 is 2.69 bits per heavy atom. The Balaban J connectivity index is 0.00000338. The van der Waals surface area contributed by atoms with Crippen LogP contribution in [0.5, 0.6) is 5.75 Å². The molecule has 1 aromatic carbocycles. The lowest BCUT2D eigenvalue weighted by atomic mass is 10.1. The van der Waals surface area contributed by atoms with Crippen LogP contribution in [0.15, 0.2) is 29.3 Å². The molecule has 1 aliphatic rings. The molecule has 0 spiro atoms. The largest absolute Gasteiger partial charge is 0.481 e. The molecule has 1 heterocycles. The number of hydrogen-bond donors (Lipinski definition) is 2. The minimum Gasteiger partial charge on any atom is -0.481 e. The van der Waals surface area contributed by atoms with E-state index in [9.17, 15) is 8.42 Å². The number of benzene rings is 1. The van der Waals surface area contributed by atoms with E-state index < -0.39 is 9.84 Å². The number of guanidine groups is 1. The fourth-order valence-corrected chi connectivity index (χ4v) is 4.27. The number of sulfone groups is 1. The highest BCUT2D eigenvalue weighted by Crippen LogP contribution is 2.13. The van der Waals surface area contributed by atoms with Gasteiger partial charge in [0.1, 0.15) is 12.4 Å². The van der Waals surface area contributed by atoms with Crippen molar-refractivity contribution in [3.8, 4) is 18.1 Å². The third kappa shape index (κ3) is 7.83. The second kappa shape index (κ2) is 11.3. The maximum Gasteiger partial charge on any atom is 0.191 e. The molecule has 1 atom stereocenters.